The van der Waals surface area contributed by atoms with Crippen LogP contribution in [0.3, 0.4) is 0 Å². The van der Waals surface area contributed by atoms with E-state index in [0.29, 0.717) is 54.0 Å². The molecule has 1 aromatic heterocycles. The first kappa shape index (κ1) is 23.8. The van der Waals surface area contributed by atoms with E-state index < -0.39 is 0 Å². The number of benzene rings is 2. The number of halogens is 1. The predicted molar refractivity (Wildman–Crippen MR) is 130 cm³/mol. The first-order chi connectivity index (χ1) is 16.5. The van der Waals surface area contributed by atoms with E-state index in [1.54, 1.807) is 29.2 Å². The molecule has 2 aromatic carbocycles. The standard InChI is InChI=1S/C26H28ClN3O4/c1-18-6-8-19(9-7-18)24-17-22(29-34-24)26(32)30-13-3-2-12-28-25(31)21-16-20(27)10-11-23(21)33-15-5-4-14-30/h6-11,16-17H,2-5,12-15H2,1H3,(H,28,31). The minimum Gasteiger partial charge on any atom is -0.493 e. The number of carbonyl (C=O) groups is 2. The van der Waals surface area contributed by atoms with Crippen molar-refractivity contribution in [2.45, 2.75) is 32.6 Å². The van der Waals surface area contributed by atoms with Crippen LogP contribution in [0, 0.1) is 6.92 Å². The molecule has 3 aromatic rings. The Hall–Kier alpha value is -3.32. The Balaban J connectivity index is 1.42. The van der Waals surface area contributed by atoms with E-state index in [0.717, 1.165) is 36.8 Å². The second-order valence-corrected chi connectivity index (χ2v) is 8.83. The van der Waals surface area contributed by atoms with Gasteiger partial charge in [0, 0.05) is 36.3 Å². The molecule has 8 heteroatoms. The van der Waals surface area contributed by atoms with Crippen molar-refractivity contribution in [3.63, 3.8) is 0 Å². The van der Waals surface area contributed by atoms with Gasteiger partial charge in [0.2, 0.25) is 0 Å². The van der Waals surface area contributed by atoms with Gasteiger partial charge in [-0.1, -0.05) is 46.6 Å². The summed E-state index contributed by atoms with van der Waals surface area (Å²) in [6, 6.07) is 14.6. The van der Waals surface area contributed by atoms with Crippen molar-refractivity contribution in [2.24, 2.45) is 0 Å². The van der Waals surface area contributed by atoms with Crippen LogP contribution in [-0.4, -0.2) is 48.1 Å². The van der Waals surface area contributed by atoms with E-state index >= 15 is 0 Å². The number of hydrogen-bond acceptors (Lipinski definition) is 5. The number of nitrogens with one attached hydrogen (secondary N) is 1. The highest BCUT2D eigenvalue weighted by atomic mass is 35.5. The van der Waals surface area contributed by atoms with Crippen LogP contribution in [0.1, 0.15) is 52.1 Å². The molecule has 1 N–H and O–H groups in total. The van der Waals surface area contributed by atoms with Gasteiger partial charge in [0.25, 0.3) is 11.8 Å². The topological polar surface area (TPSA) is 84.7 Å². The second-order valence-electron chi connectivity index (χ2n) is 8.39. The van der Waals surface area contributed by atoms with Crippen molar-refractivity contribution in [1.29, 1.82) is 0 Å². The smallest absolute Gasteiger partial charge is 0.276 e. The van der Waals surface area contributed by atoms with Gasteiger partial charge >= 0.3 is 0 Å². The number of aromatic nitrogens is 1. The lowest BCUT2D eigenvalue weighted by Gasteiger charge is -2.22. The first-order valence-corrected chi connectivity index (χ1v) is 11.9. The third kappa shape index (κ3) is 5.97. The zero-order valence-corrected chi connectivity index (χ0v) is 19.9. The summed E-state index contributed by atoms with van der Waals surface area (Å²) in [6.07, 6.45) is 3.00. The Morgan fingerprint density at radius 2 is 1.79 bits per heavy atom. The van der Waals surface area contributed by atoms with Crippen LogP contribution in [0.5, 0.6) is 5.75 Å². The first-order valence-electron chi connectivity index (χ1n) is 11.5. The predicted octanol–water partition coefficient (Wildman–Crippen LogP) is 5.13. The molecular weight excluding hydrogens is 454 g/mol. The molecule has 0 radical (unpaired) electrons. The molecule has 0 saturated carbocycles. The van der Waals surface area contributed by atoms with Gasteiger partial charge in [0.05, 0.1) is 12.2 Å². The summed E-state index contributed by atoms with van der Waals surface area (Å²) < 4.78 is 11.3. The zero-order valence-electron chi connectivity index (χ0n) is 19.2. The number of rotatable bonds is 2. The lowest BCUT2D eigenvalue weighted by Crippen LogP contribution is -2.34. The summed E-state index contributed by atoms with van der Waals surface area (Å²) in [5.41, 5.74) is 2.77. The molecule has 1 aliphatic heterocycles. The average molecular weight is 482 g/mol. The summed E-state index contributed by atoms with van der Waals surface area (Å²) in [7, 11) is 0. The highest BCUT2D eigenvalue weighted by Crippen LogP contribution is 2.24. The van der Waals surface area contributed by atoms with E-state index in [2.05, 4.69) is 10.5 Å². The van der Waals surface area contributed by atoms with Crippen molar-refractivity contribution in [2.75, 3.05) is 26.2 Å². The molecule has 4 rings (SSSR count). The SMILES string of the molecule is Cc1ccc(-c2cc(C(=O)N3CCCCNC(=O)c4cc(Cl)ccc4OCCCC3)no2)cc1. The lowest BCUT2D eigenvalue weighted by atomic mass is 10.1. The molecular formula is C26H28ClN3O4. The average Bonchev–Trinajstić information content (AvgIpc) is 3.33. The van der Waals surface area contributed by atoms with Crippen LogP contribution in [0.4, 0.5) is 0 Å². The number of fused-ring (bicyclic) bond motifs is 1. The quantitative estimate of drug-likeness (QED) is 0.548. The maximum atomic E-state index is 13.2. The highest BCUT2D eigenvalue weighted by molar-refractivity contribution is 6.31. The summed E-state index contributed by atoms with van der Waals surface area (Å²) in [5, 5.41) is 7.43. The van der Waals surface area contributed by atoms with Gasteiger partial charge in [-0.25, -0.2) is 0 Å². The normalized spacial score (nSPS) is 15.6. The van der Waals surface area contributed by atoms with Gasteiger partial charge in [-0.15, -0.1) is 0 Å². The maximum Gasteiger partial charge on any atom is 0.276 e. The monoisotopic (exact) mass is 481 g/mol. The molecule has 0 unspecified atom stereocenters. The summed E-state index contributed by atoms with van der Waals surface area (Å²) in [4.78, 5) is 27.6. The Labute approximate surface area is 204 Å². The van der Waals surface area contributed by atoms with Crippen LogP contribution in [0.2, 0.25) is 5.02 Å². The van der Waals surface area contributed by atoms with E-state index in [9.17, 15) is 9.59 Å². The number of ether oxygens (including phenoxy) is 1. The molecule has 178 valence electrons. The maximum absolute atomic E-state index is 13.2. The molecule has 0 saturated heterocycles. The largest absolute Gasteiger partial charge is 0.493 e. The number of nitrogens with zero attached hydrogens (tertiary/aromatic N) is 2. The molecule has 0 bridgehead atoms. The fourth-order valence-corrected chi connectivity index (χ4v) is 4.00. The van der Waals surface area contributed by atoms with Crippen molar-refractivity contribution in [1.82, 2.24) is 15.4 Å². The molecule has 0 atom stereocenters. The van der Waals surface area contributed by atoms with Gasteiger partial charge < -0.3 is 19.5 Å². The Kier molecular flexibility index (Phi) is 7.85. The Bertz CT molecular complexity index is 1140. The lowest BCUT2D eigenvalue weighted by molar-refractivity contribution is 0.0735. The fraction of sp³-hybridized carbons (Fsp3) is 0.346. The summed E-state index contributed by atoms with van der Waals surface area (Å²) >= 11 is 6.07. The van der Waals surface area contributed by atoms with Crippen LogP contribution >= 0.6 is 11.6 Å². The molecule has 2 heterocycles. The molecule has 1 aliphatic rings. The van der Waals surface area contributed by atoms with Gasteiger partial charge in [-0.2, -0.15) is 0 Å². The van der Waals surface area contributed by atoms with Gasteiger partial charge in [-0.05, 0) is 50.8 Å². The van der Waals surface area contributed by atoms with Crippen LogP contribution in [0.15, 0.2) is 53.1 Å². The van der Waals surface area contributed by atoms with E-state index in [-0.39, 0.29) is 11.8 Å². The second kappa shape index (κ2) is 11.2. The van der Waals surface area contributed by atoms with E-state index in [4.69, 9.17) is 20.9 Å². The van der Waals surface area contributed by atoms with Crippen LogP contribution in [-0.2, 0) is 0 Å². The fourth-order valence-electron chi connectivity index (χ4n) is 3.82. The van der Waals surface area contributed by atoms with Gasteiger partial charge in [0.1, 0.15) is 5.75 Å². The molecule has 0 spiro atoms. The summed E-state index contributed by atoms with van der Waals surface area (Å²) in [5.74, 6) is 0.714. The molecule has 7 nitrogen and oxygen atoms in total. The number of hydrogen-bond donors (Lipinski definition) is 1. The van der Waals surface area contributed by atoms with Crippen molar-refractivity contribution in [3.05, 3.63) is 70.4 Å². The van der Waals surface area contributed by atoms with Gasteiger partial charge in [0.15, 0.2) is 11.5 Å². The van der Waals surface area contributed by atoms with Crippen molar-refractivity contribution < 1.29 is 18.8 Å². The minimum atomic E-state index is -0.214. The number of aryl methyl sites for hydroxylation is 1. The van der Waals surface area contributed by atoms with E-state index in [1.165, 1.54) is 0 Å². The third-order valence-corrected chi connectivity index (χ3v) is 5.99. The van der Waals surface area contributed by atoms with Gasteiger partial charge in [-0.3, -0.25) is 9.59 Å². The van der Waals surface area contributed by atoms with E-state index in [1.807, 2.05) is 31.2 Å². The molecule has 34 heavy (non-hydrogen) atoms. The molecule has 2 amide bonds. The third-order valence-electron chi connectivity index (χ3n) is 5.76. The van der Waals surface area contributed by atoms with Crippen LogP contribution in [0.25, 0.3) is 11.3 Å². The minimum absolute atomic E-state index is 0.154. The number of carbonyl (C=O) groups excluding carboxylic acids is 2. The Morgan fingerprint density at radius 3 is 2.59 bits per heavy atom. The zero-order chi connectivity index (χ0) is 23.9. The van der Waals surface area contributed by atoms with Crippen molar-refractivity contribution >= 4 is 23.4 Å². The molecule has 0 fully saturated rings. The highest BCUT2D eigenvalue weighted by Gasteiger charge is 2.21. The molecule has 0 aliphatic carbocycles. The number of amides is 2. The van der Waals surface area contributed by atoms with Crippen LogP contribution < -0.4 is 10.1 Å². The summed E-state index contributed by atoms with van der Waals surface area (Å²) in [6.45, 7) is 4.11. The Morgan fingerprint density at radius 1 is 1.03 bits per heavy atom. The van der Waals surface area contributed by atoms with Crippen molar-refractivity contribution in [3.8, 4) is 17.1 Å².